The third kappa shape index (κ3) is 6.88. The third-order valence-electron chi connectivity index (χ3n) is 7.18. The van der Waals surface area contributed by atoms with Crippen LogP contribution in [0.4, 0.5) is 15.3 Å². The maximum atomic E-state index is 13.2. The van der Waals surface area contributed by atoms with Crippen LogP contribution in [0.5, 0.6) is 5.75 Å². The second kappa shape index (κ2) is 13.4. The predicted molar refractivity (Wildman–Crippen MR) is 164 cm³/mol. The molecular formula is C33H40N4O4. The number of benzene rings is 3. The van der Waals surface area contributed by atoms with Gasteiger partial charge in [-0.15, -0.1) is 0 Å². The van der Waals surface area contributed by atoms with E-state index in [2.05, 4.69) is 49.6 Å². The molecule has 0 unspecified atom stereocenters. The highest BCUT2D eigenvalue weighted by atomic mass is 16.7. The summed E-state index contributed by atoms with van der Waals surface area (Å²) in [6, 6.07) is 19.4. The summed E-state index contributed by atoms with van der Waals surface area (Å²) >= 11 is 0. The Labute approximate surface area is 242 Å². The molecule has 0 aliphatic rings. The van der Waals surface area contributed by atoms with E-state index in [0.29, 0.717) is 18.8 Å². The van der Waals surface area contributed by atoms with Gasteiger partial charge < -0.3 is 19.3 Å². The molecule has 0 saturated heterocycles. The van der Waals surface area contributed by atoms with E-state index in [-0.39, 0.29) is 6.03 Å². The molecule has 41 heavy (non-hydrogen) atoms. The van der Waals surface area contributed by atoms with Crippen molar-refractivity contribution in [1.82, 2.24) is 14.5 Å². The Morgan fingerprint density at radius 3 is 2.37 bits per heavy atom. The van der Waals surface area contributed by atoms with Crippen LogP contribution < -0.4 is 9.64 Å². The standard InChI is InChI=1S/C33H40N4O4/c1-6-8-11-19-36(32(38)35(4)5)26-20-23(3)31-28(21-26)37(30(34-31)12-7-2)22-24-15-17-25(18-16-24)27-13-9-10-14-29(27)41-33(39)40/h9-10,13-18,20-21H,6-8,11-12,19,22H2,1-5H3,(H,39,40). The molecule has 3 aromatic carbocycles. The average Bonchev–Trinajstić information content (AvgIpc) is 3.28. The zero-order valence-corrected chi connectivity index (χ0v) is 24.7. The maximum Gasteiger partial charge on any atom is 0.511 e. The van der Waals surface area contributed by atoms with Gasteiger partial charge in [-0.3, -0.25) is 4.90 Å². The number of carbonyl (C=O) groups excluding carboxylic acids is 1. The van der Waals surface area contributed by atoms with Gasteiger partial charge in [0.25, 0.3) is 0 Å². The molecular weight excluding hydrogens is 516 g/mol. The van der Waals surface area contributed by atoms with Gasteiger partial charge in [-0.05, 0) is 54.7 Å². The van der Waals surface area contributed by atoms with Gasteiger partial charge in [0.15, 0.2) is 0 Å². The summed E-state index contributed by atoms with van der Waals surface area (Å²) < 4.78 is 7.24. The van der Waals surface area contributed by atoms with Gasteiger partial charge >= 0.3 is 12.2 Å². The Kier molecular flexibility index (Phi) is 9.65. The summed E-state index contributed by atoms with van der Waals surface area (Å²) in [5, 5.41) is 9.11. The van der Waals surface area contributed by atoms with Crippen molar-refractivity contribution < 1.29 is 19.4 Å². The summed E-state index contributed by atoms with van der Waals surface area (Å²) in [4.78, 5) is 32.9. The number of carbonyl (C=O) groups is 2. The molecule has 0 fully saturated rings. The molecule has 216 valence electrons. The van der Waals surface area contributed by atoms with Gasteiger partial charge in [0, 0.05) is 44.9 Å². The molecule has 0 aliphatic heterocycles. The molecule has 1 heterocycles. The number of ether oxygens (including phenoxy) is 1. The van der Waals surface area contributed by atoms with Crippen molar-refractivity contribution in [3.8, 4) is 16.9 Å². The van der Waals surface area contributed by atoms with Crippen LogP contribution in [-0.2, 0) is 13.0 Å². The lowest BCUT2D eigenvalue weighted by atomic mass is 10.0. The number of urea groups is 1. The molecule has 4 rings (SSSR count). The van der Waals surface area contributed by atoms with Crippen LogP contribution in [0.2, 0.25) is 0 Å². The number of unbranched alkanes of at least 4 members (excludes halogenated alkanes) is 2. The number of aromatic nitrogens is 2. The number of hydrogen-bond acceptors (Lipinski definition) is 4. The Morgan fingerprint density at radius 1 is 0.976 bits per heavy atom. The number of carboxylic acid groups (broad SMARTS) is 1. The Balaban J connectivity index is 1.72. The van der Waals surface area contributed by atoms with Crippen LogP contribution in [0, 0.1) is 6.92 Å². The van der Waals surface area contributed by atoms with Crippen molar-refractivity contribution in [2.45, 2.75) is 59.4 Å². The summed E-state index contributed by atoms with van der Waals surface area (Å²) in [5.74, 6) is 1.32. The van der Waals surface area contributed by atoms with Crippen molar-refractivity contribution in [3.63, 3.8) is 0 Å². The van der Waals surface area contributed by atoms with Gasteiger partial charge in [-0.2, -0.15) is 0 Å². The number of imidazole rings is 1. The fraction of sp³-hybridized carbons (Fsp3) is 0.364. The summed E-state index contributed by atoms with van der Waals surface area (Å²) in [7, 11) is 3.58. The van der Waals surface area contributed by atoms with E-state index in [4.69, 9.17) is 14.8 Å². The smallest absolute Gasteiger partial charge is 0.449 e. The van der Waals surface area contributed by atoms with Crippen molar-refractivity contribution in [2.75, 3.05) is 25.5 Å². The molecule has 4 aromatic rings. The molecule has 0 aliphatic carbocycles. The Bertz CT molecular complexity index is 1510. The zero-order chi connectivity index (χ0) is 29.5. The van der Waals surface area contributed by atoms with E-state index in [9.17, 15) is 9.59 Å². The van der Waals surface area contributed by atoms with Crippen LogP contribution in [0.15, 0.2) is 60.7 Å². The molecule has 1 N–H and O–H groups in total. The fourth-order valence-corrected chi connectivity index (χ4v) is 5.13. The molecule has 0 spiro atoms. The number of amides is 2. The lowest BCUT2D eigenvalue weighted by Crippen LogP contribution is -2.40. The first-order chi connectivity index (χ1) is 19.7. The molecule has 8 nitrogen and oxygen atoms in total. The van der Waals surface area contributed by atoms with E-state index in [0.717, 1.165) is 76.9 Å². The van der Waals surface area contributed by atoms with E-state index in [1.807, 2.05) is 29.2 Å². The van der Waals surface area contributed by atoms with E-state index < -0.39 is 6.16 Å². The third-order valence-corrected chi connectivity index (χ3v) is 7.18. The Morgan fingerprint density at radius 2 is 1.71 bits per heavy atom. The van der Waals surface area contributed by atoms with Crippen molar-refractivity contribution in [2.24, 2.45) is 0 Å². The summed E-state index contributed by atoms with van der Waals surface area (Å²) in [6.07, 6.45) is 3.58. The number of anilines is 1. The van der Waals surface area contributed by atoms with E-state index in [1.54, 1.807) is 31.1 Å². The summed E-state index contributed by atoms with van der Waals surface area (Å²) in [6.45, 7) is 7.67. The molecule has 0 saturated carbocycles. The first-order valence-electron chi connectivity index (χ1n) is 14.3. The van der Waals surface area contributed by atoms with Gasteiger partial charge in [0.2, 0.25) is 0 Å². The lowest BCUT2D eigenvalue weighted by Gasteiger charge is -2.27. The van der Waals surface area contributed by atoms with Gasteiger partial charge in [-0.25, -0.2) is 14.6 Å². The number of para-hydroxylation sites is 1. The molecule has 2 amide bonds. The van der Waals surface area contributed by atoms with Gasteiger partial charge in [0.1, 0.15) is 11.6 Å². The summed E-state index contributed by atoms with van der Waals surface area (Å²) in [5.41, 5.74) is 6.59. The van der Waals surface area contributed by atoms with Gasteiger partial charge in [0.05, 0.1) is 11.0 Å². The number of aryl methyl sites for hydroxylation is 2. The molecule has 0 atom stereocenters. The number of fused-ring (bicyclic) bond motifs is 1. The molecule has 0 radical (unpaired) electrons. The van der Waals surface area contributed by atoms with Crippen LogP contribution in [-0.4, -0.2) is 52.4 Å². The number of nitrogens with zero attached hydrogens (tertiary/aromatic N) is 4. The second-order valence-electron chi connectivity index (χ2n) is 10.6. The predicted octanol–water partition coefficient (Wildman–Crippen LogP) is 7.75. The van der Waals surface area contributed by atoms with Crippen LogP contribution in [0.3, 0.4) is 0 Å². The highest BCUT2D eigenvalue weighted by Gasteiger charge is 2.21. The quantitative estimate of drug-likeness (QED) is 0.116. The van der Waals surface area contributed by atoms with E-state index >= 15 is 0 Å². The first kappa shape index (κ1) is 29.6. The normalized spacial score (nSPS) is 11.0. The Hall–Kier alpha value is -4.33. The highest BCUT2D eigenvalue weighted by Crippen LogP contribution is 2.32. The van der Waals surface area contributed by atoms with Crippen molar-refractivity contribution in [1.29, 1.82) is 0 Å². The van der Waals surface area contributed by atoms with Crippen LogP contribution in [0.1, 0.15) is 56.5 Å². The molecule has 1 aromatic heterocycles. The number of rotatable bonds is 11. The monoisotopic (exact) mass is 556 g/mol. The highest BCUT2D eigenvalue weighted by molar-refractivity contribution is 5.95. The van der Waals surface area contributed by atoms with Crippen LogP contribution >= 0.6 is 0 Å². The largest absolute Gasteiger partial charge is 0.511 e. The average molecular weight is 557 g/mol. The van der Waals surface area contributed by atoms with Gasteiger partial charge in [-0.1, -0.05) is 69.2 Å². The topological polar surface area (TPSA) is 87.9 Å². The van der Waals surface area contributed by atoms with Crippen molar-refractivity contribution >= 4 is 28.9 Å². The van der Waals surface area contributed by atoms with Crippen molar-refractivity contribution in [3.05, 3.63) is 77.6 Å². The minimum atomic E-state index is -1.34. The second-order valence-corrected chi connectivity index (χ2v) is 10.6. The SMILES string of the molecule is CCCCCN(C(=O)N(C)C)c1cc(C)c2nc(CCC)n(Cc3ccc(-c4ccccc4OC(=O)O)cc3)c2c1. The maximum absolute atomic E-state index is 13.2. The fourth-order valence-electron chi connectivity index (χ4n) is 5.13. The lowest BCUT2D eigenvalue weighted by molar-refractivity contribution is 0.144. The number of hydrogen-bond donors (Lipinski definition) is 1. The van der Waals surface area contributed by atoms with Crippen LogP contribution in [0.25, 0.3) is 22.2 Å². The molecule has 8 heteroatoms. The van der Waals surface area contributed by atoms with E-state index in [1.165, 1.54) is 0 Å². The minimum Gasteiger partial charge on any atom is -0.449 e. The minimum absolute atomic E-state index is 0.0255. The zero-order valence-electron chi connectivity index (χ0n) is 24.7. The molecule has 0 bridgehead atoms. The first-order valence-corrected chi connectivity index (χ1v) is 14.3.